The van der Waals surface area contributed by atoms with Crippen molar-refractivity contribution in [3.63, 3.8) is 0 Å². The van der Waals surface area contributed by atoms with Crippen molar-refractivity contribution in [2.45, 2.75) is 103 Å². The third-order valence-corrected chi connectivity index (χ3v) is 8.66. The topological polar surface area (TPSA) is 40.2 Å². The highest BCUT2D eigenvalue weighted by Crippen LogP contribution is 3.00. The average molecular weight is 422 g/mol. The van der Waals surface area contributed by atoms with E-state index in [0.717, 1.165) is 52.4 Å². The molecule has 5 heteroatoms. The number of nitrogens with zero attached hydrogens (tertiary/aromatic N) is 1. The smallest absolute Gasteiger partial charge is 0.0830 e. The summed E-state index contributed by atoms with van der Waals surface area (Å²) in [7, 11) is 0. The minimum absolute atomic E-state index is 0.0356. The van der Waals surface area contributed by atoms with Crippen molar-refractivity contribution < 1.29 is 18.9 Å². The third-order valence-electron chi connectivity index (χ3n) is 8.66. The molecule has 30 heavy (non-hydrogen) atoms. The van der Waals surface area contributed by atoms with Crippen molar-refractivity contribution in [2.75, 3.05) is 39.5 Å². The maximum atomic E-state index is 6.28. The summed E-state index contributed by atoms with van der Waals surface area (Å²) >= 11 is 0. The predicted octanol–water partition coefficient (Wildman–Crippen LogP) is 4.04. The summed E-state index contributed by atoms with van der Waals surface area (Å²) in [6.07, 6.45) is 7.43. The predicted molar refractivity (Wildman–Crippen MR) is 117 cm³/mol. The summed E-state index contributed by atoms with van der Waals surface area (Å²) in [6, 6.07) is 0. The fourth-order valence-corrected chi connectivity index (χ4v) is 6.71. The zero-order valence-corrected chi connectivity index (χ0v) is 20.1. The van der Waals surface area contributed by atoms with Crippen LogP contribution in [0.1, 0.15) is 73.6 Å². The highest BCUT2D eigenvalue weighted by Gasteiger charge is 2.96. The van der Waals surface area contributed by atoms with Crippen molar-refractivity contribution >= 4 is 0 Å². The van der Waals surface area contributed by atoms with Crippen molar-refractivity contribution in [1.82, 2.24) is 4.90 Å². The molecule has 1 aliphatic heterocycles. The molecule has 0 radical (unpaired) electrons. The summed E-state index contributed by atoms with van der Waals surface area (Å²) in [5.41, 5.74) is 1.82. The van der Waals surface area contributed by atoms with Crippen LogP contribution in [0, 0.1) is 16.2 Å². The molecule has 1 saturated heterocycles. The van der Waals surface area contributed by atoms with E-state index in [2.05, 4.69) is 46.4 Å². The first-order valence-corrected chi connectivity index (χ1v) is 12.2. The molecule has 5 rings (SSSR count). The van der Waals surface area contributed by atoms with Crippen LogP contribution in [0.15, 0.2) is 0 Å². The number of hydrogen-bond acceptors (Lipinski definition) is 5. The van der Waals surface area contributed by atoms with E-state index in [1.165, 1.54) is 19.3 Å². The summed E-state index contributed by atoms with van der Waals surface area (Å²) in [6.45, 7) is 18.7. The maximum absolute atomic E-state index is 6.28. The fourth-order valence-electron chi connectivity index (χ4n) is 6.71. The average Bonchev–Trinajstić information content (AvgIpc) is 3.29. The van der Waals surface area contributed by atoms with Gasteiger partial charge in [-0.2, -0.15) is 0 Å². The van der Waals surface area contributed by atoms with Crippen LogP contribution < -0.4 is 0 Å². The molecule has 1 heterocycles. The molecule has 0 aromatic carbocycles. The number of likely N-dealkylation sites (tertiary alicyclic amines) is 1. The van der Waals surface area contributed by atoms with Crippen LogP contribution in [-0.4, -0.2) is 73.9 Å². The molecule has 4 saturated carbocycles. The number of ether oxygens (including phenoxy) is 4. The van der Waals surface area contributed by atoms with Gasteiger partial charge in [0.2, 0.25) is 0 Å². The Bertz CT molecular complexity index is 657. The Morgan fingerprint density at radius 1 is 0.767 bits per heavy atom. The van der Waals surface area contributed by atoms with E-state index in [4.69, 9.17) is 18.9 Å². The first-order chi connectivity index (χ1) is 14.0. The highest BCUT2D eigenvalue weighted by molar-refractivity contribution is 5.43. The van der Waals surface area contributed by atoms with E-state index in [1.54, 1.807) is 0 Å². The molecule has 5 fully saturated rings. The van der Waals surface area contributed by atoms with Crippen molar-refractivity contribution in [3.8, 4) is 0 Å². The molecule has 1 spiro atoms. The second-order valence-corrected chi connectivity index (χ2v) is 13.1. The zero-order valence-electron chi connectivity index (χ0n) is 20.1. The summed E-state index contributed by atoms with van der Waals surface area (Å²) in [5, 5.41) is 0. The van der Waals surface area contributed by atoms with E-state index in [0.29, 0.717) is 34.6 Å². The molecular weight excluding hydrogens is 378 g/mol. The lowest BCUT2D eigenvalue weighted by Gasteiger charge is -2.47. The third kappa shape index (κ3) is 3.67. The van der Waals surface area contributed by atoms with E-state index >= 15 is 0 Å². The number of rotatable bonds is 10. The Morgan fingerprint density at radius 3 is 2.03 bits per heavy atom. The lowest BCUT2D eigenvalue weighted by molar-refractivity contribution is -0.158. The Kier molecular flexibility index (Phi) is 4.98. The van der Waals surface area contributed by atoms with Crippen molar-refractivity contribution in [2.24, 2.45) is 16.2 Å². The SMILES string of the molecule is CC(C)(C)OC1CC(OCC23CC4(COCCOC5CN(C(C)(C)C)C5)CC42C3)C1. The molecule has 172 valence electrons. The van der Waals surface area contributed by atoms with Gasteiger partial charge in [-0.15, -0.1) is 0 Å². The molecule has 5 nitrogen and oxygen atoms in total. The number of hydrogen-bond donors (Lipinski definition) is 0. The molecular formula is C25H43NO4. The molecule has 3 atom stereocenters. The van der Waals surface area contributed by atoms with Gasteiger partial charge < -0.3 is 18.9 Å². The van der Waals surface area contributed by atoms with E-state index in [9.17, 15) is 0 Å². The Labute approximate surface area is 183 Å². The molecule has 3 unspecified atom stereocenters. The monoisotopic (exact) mass is 421 g/mol. The van der Waals surface area contributed by atoms with Crippen LogP contribution in [0.4, 0.5) is 0 Å². The van der Waals surface area contributed by atoms with Gasteiger partial charge in [0.1, 0.15) is 0 Å². The normalized spacial score (nSPS) is 42.6. The Balaban J connectivity index is 0.920. The lowest BCUT2D eigenvalue weighted by Crippen LogP contribution is -2.59. The van der Waals surface area contributed by atoms with Crippen LogP contribution in [0.3, 0.4) is 0 Å². The zero-order chi connectivity index (χ0) is 21.4. The standard InChI is InChI=1S/C25H43NO4/c1-21(2,3)26-11-20(12-26)28-8-7-27-16-23-13-24(15-25(23,24)14-23)17-29-18-9-19(10-18)30-22(4,5)6/h18-20H,7-17H2,1-6H3. The summed E-state index contributed by atoms with van der Waals surface area (Å²) in [4.78, 5) is 2.47. The highest BCUT2D eigenvalue weighted by atomic mass is 16.5. The molecule has 0 N–H and O–H groups in total. The van der Waals surface area contributed by atoms with Crippen LogP contribution >= 0.6 is 0 Å². The van der Waals surface area contributed by atoms with Gasteiger partial charge in [-0.05, 0) is 79.1 Å². The quantitative estimate of drug-likeness (QED) is 0.498. The van der Waals surface area contributed by atoms with Crippen LogP contribution in [0.25, 0.3) is 0 Å². The Morgan fingerprint density at radius 2 is 1.43 bits per heavy atom. The summed E-state index contributed by atoms with van der Waals surface area (Å²) < 4.78 is 24.3. The summed E-state index contributed by atoms with van der Waals surface area (Å²) in [5.74, 6) is 0. The molecule has 0 amide bonds. The van der Waals surface area contributed by atoms with Crippen LogP contribution in [0.5, 0.6) is 0 Å². The van der Waals surface area contributed by atoms with Crippen LogP contribution in [-0.2, 0) is 18.9 Å². The van der Waals surface area contributed by atoms with Crippen molar-refractivity contribution in [3.05, 3.63) is 0 Å². The second-order valence-electron chi connectivity index (χ2n) is 13.1. The van der Waals surface area contributed by atoms with Crippen molar-refractivity contribution in [1.29, 1.82) is 0 Å². The molecule has 4 aliphatic carbocycles. The van der Waals surface area contributed by atoms with Gasteiger partial charge in [0.05, 0.1) is 50.3 Å². The molecule has 5 aliphatic rings. The van der Waals surface area contributed by atoms with Gasteiger partial charge >= 0.3 is 0 Å². The fraction of sp³-hybridized carbons (Fsp3) is 1.00. The van der Waals surface area contributed by atoms with E-state index in [-0.39, 0.29) is 11.1 Å². The van der Waals surface area contributed by atoms with Gasteiger partial charge in [0.25, 0.3) is 0 Å². The van der Waals surface area contributed by atoms with Gasteiger partial charge in [0.15, 0.2) is 0 Å². The molecule has 0 bridgehead atoms. The van der Waals surface area contributed by atoms with Gasteiger partial charge in [-0.25, -0.2) is 0 Å². The minimum Gasteiger partial charge on any atom is -0.378 e. The van der Waals surface area contributed by atoms with Crippen LogP contribution in [0.2, 0.25) is 0 Å². The first-order valence-electron chi connectivity index (χ1n) is 12.2. The lowest BCUT2D eigenvalue weighted by atomic mass is 9.75. The second kappa shape index (κ2) is 6.90. The van der Waals surface area contributed by atoms with Gasteiger partial charge in [-0.3, -0.25) is 4.90 Å². The molecule has 0 aromatic heterocycles. The van der Waals surface area contributed by atoms with E-state index in [1.807, 2.05) is 0 Å². The Hall–Kier alpha value is -0.200. The van der Waals surface area contributed by atoms with Gasteiger partial charge in [-0.1, -0.05) is 0 Å². The van der Waals surface area contributed by atoms with Gasteiger partial charge in [0, 0.05) is 29.5 Å². The maximum Gasteiger partial charge on any atom is 0.0830 e. The largest absolute Gasteiger partial charge is 0.378 e. The molecule has 0 aromatic rings. The van der Waals surface area contributed by atoms with E-state index < -0.39 is 0 Å². The first kappa shape index (κ1) is 21.6. The minimum atomic E-state index is -0.0356.